The minimum atomic E-state index is -0.800. The van der Waals surface area contributed by atoms with E-state index in [1.807, 2.05) is 31.7 Å². The Morgan fingerprint density at radius 2 is 2.00 bits per heavy atom. The number of carbonyl (C=O) groups excluding carboxylic acids is 1. The Morgan fingerprint density at radius 3 is 2.46 bits per heavy atom. The lowest BCUT2D eigenvalue weighted by atomic mass is 9.85. The van der Waals surface area contributed by atoms with Crippen molar-refractivity contribution >= 4 is 11.9 Å². The van der Waals surface area contributed by atoms with E-state index in [9.17, 15) is 9.59 Å². The second kappa shape index (κ2) is 7.38. The summed E-state index contributed by atoms with van der Waals surface area (Å²) in [6.45, 7) is 11.0. The maximum atomic E-state index is 12.5. The van der Waals surface area contributed by atoms with E-state index >= 15 is 0 Å². The largest absolute Gasteiger partial charge is 0.480 e. The molecule has 1 aliphatic carbocycles. The van der Waals surface area contributed by atoms with Crippen LogP contribution in [0, 0.1) is 13.8 Å². The molecule has 0 aliphatic heterocycles. The summed E-state index contributed by atoms with van der Waals surface area (Å²) in [6, 6.07) is 2.66. The van der Waals surface area contributed by atoms with Gasteiger partial charge in [-0.25, -0.2) is 0 Å². The van der Waals surface area contributed by atoms with Gasteiger partial charge >= 0.3 is 5.97 Å². The van der Waals surface area contributed by atoms with Gasteiger partial charge in [-0.2, -0.15) is 0 Å². The Bertz CT molecular complexity index is 615. The third-order valence-electron chi connectivity index (χ3n) is 4.95. The van der Waals surface area contributed by atoms with Gasteiger partial charge in [0, 0.05) is 29.5 Å². The van der Waals surface area contributed by atoms with E-state index in [4.69, 9.17) is 5.11 Å². The van der Waals surface area contributed by atoms with Gasteiger partial charge in [-0.15, -0.1) is 0 Å². The van der Waals surface area contributed by atoms with Crippen LogP contribution in [0.5, 0.6) is 0 Å². The molecule has 0 radical (unpaired) electrons. The molecule has 1 fully saturated rings. The molecule has 0 atom stereocenters. The molecular formula is C18H29N3O3. The summed E-state index contributed by atoms with van der Waals surface area (Å²) in [4.78, 5) is 25.4. The Morgan fingerprint density at radius 1 is 1.38 bits per heavy atom. The highest BCUT2D eigenvalue weighted by atomic mass is 16.4. The average Bonchev–Trinajstić information content (AvgIpc) is 2.74. The number of carboxylic acids is 1. The van der Waals surface area contributed by atoms with Crippen LogP contribution in [0.2, 0.25) is 0 Å². The van der Waals surface area contributed by atoms with Gasteiger partial charge in [-0.1, -0.05) is 6.92 Å². The topological polar surface area (TPSA) is 74.6 Å². The predicted octanol–water partition coefficient (Wildman–Crippen LogP) is 2.35. The first-order valence-electron chi connectivity index (χ1n) is 8.69. The number of hydrogen-bond donors (Lipinski definition) is 2. The van der Waals surface area contributed by atoms with Gasteiger partial charge in [-0.3, -0.25) is 14.5 Å². The summed E-state index contributed by atoms with van der Waals surface area (Å²) in [5, 5.41) is 12.0. The zero-order chi connectivity index (χ0) is 18.0. The highest BCUT2D eigenvalue weighted by Crippen LogP contribution is 2.27. The van der Waals surface area contributed by atoms with Crippen LogP contribution in [0.1, 0.15) is 61.4 Å². The van der Waals surface area contributed by atoms with Crippen molar-refractivity contribution in [3.8, 4) is 0 Å². The van der Waals surface area contributed by atoms with Crippen LogP contribution in [0.3, 0.4) is 0 Å². The summed E-state index contributed by atoms with van der Waals surface area (Å²) in [5.74, 6) is -0.829. The van der Waals surface area contributed by atoms with E-state index in [0.29, 0.717) is 12.6 Å². The lowest BCUT2D eigenvalue weighted by molar-refractivity contribution is -0.139. The number of carbonyl (C=O) groups is 2. The van der Waals surface area contributed by atoms with E-state index in [2.05, 4.69) is 23.7 Å². The molecule has 6 heteroatoms. The number of likely N-dealkylation sites (N-methyl/N-ethyl adjacent to an activating group) is 1. The molecule has 24 heavy (non-hydrogen) atoms. The molecule has 2 rings (SSSR count). The van der Waals surface area contributed by atoms with E-state index in [1.165, 1.54) is 0 Å². The molecule has 1 aliphatic rings. The van der Waals surface area contributed by atoms with Gasteiger partial charge in [0.1, 0.15) is 0 Å². The van der Waals surface area contributed by atoms with E-state index < -0.39 is 5.97 Å². The summed E-state index contributed by atoms with van der Waals surface area (Å²) >= 11 is 0. The summed E-state index contributed by atoms with van der Waals surface area (Å²) < 4.78 is 2.17. The molecule has 134 valence electrons. The lowest BCUT2D eigenvalue weighted by Crippen LogP contribution is -2.54. The third-order valence-corrected chi connectivity index (χ3v) is 4.95. The maximum Gasteiger partial charge on any atom is 0.317 e. The van der Waals surface area contributed by atoms with Gasteiger partial charge < -0.3 is 15.0 Å². The number of hydrogen-bond acceptors (Lipinski definition) is 3. The molecule has 1 saturated carbocycles. The van der Waals surface area contributed by atoms with Crippen LogP contribution in [0.15, 0.2) is 6.07 Å². The quantitative estimate of drug-likeness (QED) is 0.802. The molecule has 0 spiro atoms. The second-order valence-corrected chi connectivity index (χ2v) is 7.00. The van der Waals surface area contributed by atoms with Gasteiger partial charge in [-0.05, 0) is 53.1 Å². The van der Waals surface area contributed by atoms with Crippen molar-refractivity contribution in [1.29, 1.82) is 0 Å². The molecule has 1 amide bonds. The number of rotatable bonds is 7. The molecule has 1 aromatic heterocycles. The van der Waals surface area contributed by atoms with Crippen LogP contribution in [-0.2, 0) is 4.79 Å². The number of amides is 1. The summed E-state index contributed by atoms with van der Waals surface area (Å²) in [5.41, 5.74) is 2.83. The number of carboxylic acid groups (broad SMARTS) is 1. The van der Waals surface area contributed by atoms with Crippen molar-refractivity contribution in [2.45, 2.75) is 65.6 Å². The van der Waals surface area contributed by atoms with Crippen molar-refractivity contribution in [2.24, 2.45) is 0 Å². The molecule has 0 saturated heterocycles. The lowest BCUT2D eigenvalue weighted by Gasteiger charge is -2.42. The smallest absolute Gasteiger partial charge is 0.317 e. The first-order chi connectivity index (χ1) is 11.2. The molecule has 1 heterocycles. The van der Waals surface area contributed by atoms with Crippen molar-refractivity contribution in [3.63, 3.8) is 0 Å². The highest BCUT2D eigenvalue weighted by molar-refractivity contribution is 5.96. The summed E-state index contributed by atoms with van der Waals surface area (Å²) in [6.07, 6.45) is 1.63. The van der Waals surface area contributed by atoms with Crippen molar-refractivity contribution in [2.75, 3.05) is 13.1 Å². The van der Waals surface area contributed by atoms with Crippen LogP contribution in [0.4, 0.5) is 0 Å². The molecule has 2 N–H and O–H groups in total. The molecular weight excluding hydrogens is 306 g/mol. The predicted molar refractivity (Wildman–Crippen MR) is 93.5 cm³/mol. The minimum Gasteiger partial charge on any atom is -0.480 e. The maximum absolute atomic E-state index is 12.5. The Balaban J connectivity index is 1.94. The Kier molecular flexibility index (Phi) is 5.70. The average molecular weight is 335 g/mol. The monoisotopic (exact) mass is 335 g/mol. The molecule has 1 aromatic rings. The number of aryl methyl sites for hydroxylation is 1. The molecule has 0 aromatic carbocycles. The van der Waals surface area contributed by atoms with Gasteiger partial charge in [0.25, 0.3) is 5.91 Å². The number of aromatic nitrogens is 1. The van der Waals surface area contributed by atoms with Gasteiger partial charge in [0.15, 0.2) is 0 Å². The highest BCUT2D eigenvalue weighted by Gasteiger charge is 2.35. The molecule has 0 unspecified atom stereocenters. The fraction of sp³-hybridized carbons (Fsp3) is 0.667. The first-order valence-corrected chi connectivity index (χ1v) is 8.69. The number of aliphatic carboxylic acids is 1. The molecule has 0 bridgehead atoms. The second-order valence-electron chi connectivity index (χ2n) is 7.00. The molecule has 6 nitrogen and oxygen atoms in total. The van der Waals surface area contributed by atoms with Crippen molar-refractivity contribution in [3.05, 3.63) is 23.0 Å². The van der Waals surface area contributed by atoms with E-state index in [0.717, 1.165) is 29.8 Å². The number of nitrogens with zero attached hydrogens (tertiary/aromatic N) is 2. The van der Waals surface area contributed by atoms with Crippen molar-refractivity contribution < 1.29 is 14.7 Å². The van der Waals surface area contributed by atoms with Crippen LogP contribution >= 0.6 is 0 Å². The van der Waals surface area contributed by atoms with Gasteiger partial charge in [0.05, 0.1) is 12.1 Å². The third kappa shape index (κ3) is 3.80. The Hall–Kier alpha value is -1.82. The number of nitrogens with one attached hydrogen (secondary N) is 1. The Labute approximate surface area is 143 Å². The zero-order valence-corrected chi connectivity index (χ0v) is 15.3. The first kappa shape index (κ1) is 18.5. The normalized spacial score (nSPS) is 20.3. The standard InChI is InChI=1S/C18H29N3O3/c1-6-20(10-17(22)23)15-8-14(9-15)19-18(24)16-7-12(4)21(11(2)3)13(16)5/h7,11,14-15H,6,8-10H2,1-5H3,(H,19,24)(H,22,23). The zero-order valence-electron chi connectivity index (χ0n) is 15.3. The van der Waals surface area contributed by atoms with Crippen LogP contribution in [0.25, 0.3) is 0 Å². The van der Waals surface area contributed by atoms with E-state index in [-0.39, 0.29) is 24.5 Å². The minimum absolute atomic E-state index is 0.0280. The van der Waals surface area contributed by atoms with Crippen LogP contribution in [-0.4, -0.2) is 51.6 Å². The summed E-state index contributed by atoms with van der Waals surface area (Å²) in [7, 11) is 0. The van der Waals surface area contributed by atoms with Crippen LogP contribution < -0.4 is 5.32 Å². The van der Waals surface area contributed by atoms with Gasteiger partial charge in [0.2, 0.25) is 0 Å². The van der Waals surface area contributed by atoms with Crippen molar-refractivity contribution in [1.82, 2.24) is 14.8 Å². The fourth-order valence-electron chi connectivity index (χ4n) is 3.74. The van der Waals surface area contributed by atoms with E-state index in [1.54, 1.807) is 0 Å². The SMILES string of the molecule is CCN(CC(=O)O)C1CC(NC(=O)c2cc(C)n(C(C)C)c2C)C1. The fourth-order valence-corrected chi connectivity index (χ4v) is 3.74.